The van der Waals surface area contributed by atoms with Crippen molar-refractivity contribution in [2.75, 3.05) is 19.7 Å². The average Bonchev–Trinajstić information content (AvgIpc) is 3.25. The van der Waals surface area contributed by atoms with Crippen molar-refractivity contribution in [1.82, 2.24) is 4.90 Å². The first kappa shape index (κ1) is 16.3. The molecule has 21 heavy (non-hydrogen) atoms. The molecule has 3 heteroatoms. The van der Waals surface area contributed by atoms with E-state index >= 15 is 0 Å². The highest BCUT2D eigenvalue weighted by Gasteiger charge is 2.24. The lowest BCUT2D eigenvalue weighted by Gasteiger charge is -2.23. The van der Waals surface area contributed by atoms with E-state index in [9.17, 15) is 0 Å². The van der Waals surface area contributed by atoms with Crippen LogP contribution in [0.4, 0.5) is 0 Å². The topological polar surface area (TPSA) is 38.5 Å². The molecule has 1 aromatic rings. The van der Waals surface area contributed by atoms with Gasteiger partial charge in [0.15, 0.2) is 0 Å². The van der Waals surface area contributed by atoms with Gasteiger partial charge in [-0.2, -0.15) is 0 Å². The Morgan fingerprint density at radius 3 is 2.67 bits per heavy atom. The van der Waals surface area contributed by atoms with Crippen molar-refractivity contribution in [2.45, 2.75) is 52.6 Å². The van der Waals surface area contributed by atoms with Crippen molar-refractivity contribution >= 4 is 0 Å². The van der Waals surface area contributed by atoms with Crippen LogP contribution in [0.2, 0.25) is 0 Å². The van der Waals surface area contributed by atoms with Gasteiger partial charge in [-0.1, -0.05) is 13.0 Å². The predicted molar refractivity (Wildman–Crippen MR) is 88.5 cm³/mol. The highest BCUT2D eigenvalue weighted by molar-refractivity contribution is 5.38. The van der Waals surface area contributed by atoms with Crippen LogP contribution in [0.5, 0.6) is 5.75 Å². The van der Waals surface area contributed by atoms with Crippen molar-refractivity contribution in [3.8, 4) is 5.75 Å². The first-order valence-electron chi connectivity index (χ1n) is 8.37. The van der Waals surface area contributed by atoms with Crippen LogP contribution in [0.15, 0.2) is 18.2 Å². The number of hydrogen-bond acceptors (Lipinski definition) is 3. The van der Waals surface area contributed by atoms with E-state index in [-0.39, 0.29) is 6.04 Å². The lowest BCUT2D eigenvalue weighted by atomic mass is 10.0. The molecule has 0 saturated heterocycles. The zero-order valence-electron chi connectivity index (χ0n) is 13.8. The first-order valence-corrected chi connectivity index (χ1v) is 8.37. The van der Waals surface area contributed by atoms with E-state index in [0.29, 0.717) is 6.61 Å². The highest BCUT2D eigenvalue weighted by atomic mass is 16.5. The number of benzene rings is 1. The average molecular weight is 290 g/mol. The molecule has 0 aromatic heterocycles. The Labute approximate surface area is 129 Å². The fourth-order valence-corrected chi connectivity index (χ4v) is 2.76. The molecule has 1 aliphatic carbocycles. The Balaban J connectivity index is 2.14. The molecule has 2 rings (SSSR count). The van der Waals surface area contributed by atoms with E-state index in [1.165, 1.54) is 36.9 Å². The second kappa shape index (κ2) is 7.81. The highest BCUT2D eigenvalue weighted by Crippen LogP contribution is 2.31. The van der Waals surface area contributed by atoms with Gasteiger partial charge in [0.1, 0.15) is 5.75 Å². The van der Waals surface area contributed by atoms with Crippen molar-refractivity contribution in [2.24, 2.45) is 11.7 Å². The fraction of sp³-hybridized carbons (Fsp3) is 0.667. The number of nitrogens with zero attached hydrogens (tertiary/aromatic N) is 1. The normalized spacial score (nSPS) is 16.2. The molecule has 1 aliphatic rings. The number of nitrogens with two attached hydrogens (primary N) is 1. The van der Waals surface area contributed by atoms with E-state index in [4.69, 9.17) is 10.5 Å². The molecule has 1 fully saturated rings. The number of hydrogen-bond donors (Lipinski definition) is 1. The maximum absolute atomic E-state index is 6.03. The summed E-state index contributed by atoms with van der Waals surface area (Å²) in [5.41, 5.74) is 8.50. The van der Waals surface area contributed by atoms with Gasteiger partial charge in [-0.3, -0.25) is 4.90 Å². The van der Waals surface area contributed by atoms with Crippen LogP contribution in [0.3, 0.4) is 0 Å². The molecule has 0 radical (unpaired) electrons. The van der Waals surface area contributed by atoms with Gasteiger partial charge in [0.25, 0.3) is 0 Å². The second-order valence-corrected chi connectivity index (χ2v) is 6.27. The van der Waals surface area contributed by atoms with Crippen LogP contribution < -0.4 is 10.5 Å². The molecule has 1 unspecified atom stereocenters. The molecule has 0 bridgehead atoms. The summed E-state index contributed by atoms with van der Waals surface area (Å²) in [6.45, 7) is 10.4. The summed E-state index contributed by atoms with van der Waals surface area (Å²) in [6.07, 6.45) is 4.00. The van der Waals surface area contributed by atoms with Crippen LogP contribution in [-0.2, 0) is 6.54 Å². The molecule has 118 valence electrons. The Hall–Kier alpha value is -1.06. The SMILES string of the molecule is CCCN(Cc1cc(C(C)N)ccc1OCC)CC1CC1. The molecule has 3 nitrogen and oxygen atoms in total. The van der Waals surface area contributed by atoms with Crippen molar-refractivity contribution in [3.05, 3.63) is 29.3 Å². The zero-order chi connectivity index (χ0) is 15.2. The number of rotatable bonds is 9. The van der Waals surface area contributed by atoms with Gasteiger partial charge >= 0.3 is 0 Å². The smallest absolute Gasteiger partial charge is 0.123 e. The molecule has 1 aromatic carbocycles. The summed E-state index contributed by atoms with van der Waals surface area (Å²) >= 11 is 0. The third-order valence-electron chi connectivity index (χ3n) is 4.06. The second-order valence-electron chi connectivity index (χ2n) is 6.27. The van der Waals surface area contributed by atoms with E-state index in [1.54, 1.807) is 0 Å². The maximum Gasteiger partial charge on any atom is 0.123 e. The van der Waals surface area contributed by atoms with Gasteiger partial charge in [0.05, 0.1) is 6.61 Å². The van der Waals surface area contributed by atoms with Gasteiger partial charge < -0.3 is 10.5 Å². The summed E-state index contributed by atoms with van der Waals surface area (Å²) in [4.78, 5) is 2.57. The number of ether oxygens (including phenoxy) is 1. The van der Waals surface area contributed by atoms with Crippen LogP contribution in [-0.4, -0.2) is 24.6 Å². The summed E-state index contributed by atoms with van der Waals surface area (Å²) in [5.74, 6) is 1.93. The van der Waals surface area contributed by atoms with Crippen LogP contribution >= 0.6 is 0 Å². The minimum absolute atomic E-state index is 0.0717. The van der Waals surface area contributed by atoms with E-state index in [2.05, 4.69) is 30.0 Å². The Morgan fingerprint density at radius 2 is 2.10 bits per heavy atom. The quantitative estimate of drug-likeness (QED) is 0.753. The maximum atomic E-state index is 6.03. The Morgan fingerprint density at radius 1 is 1.33 bits per heavy atom. The molecule has 2 N–H and O–H groups in total. The Kier molecular flexibility index (Phi) is 6.07. The third kappa shape index (κ3) is 5.01. The van der Waals surface area contributed by atoms with Gasteiger partial charge in [-0.15, -0.1) is 0 Å². The summed E-state index contributed by atoms with van der Waals surface area (Å²) in [7, 11) is 0. The summed E-state index contributed by atoms with van der Waals surface area (Å²) in [5, 5.41) is 0. The van der Waals surface area contributed by atoms with Crippen LogP contribution in [0, 0.1) is 5.92 Å². The fourth-order valence-electron chi connectivity index (χ4n) is 2.76. The molecule has 0 heterocycles. The molecule has 1 atom stereocenters. The van der Waals surface area contributed by atoms with Gasteiger partial charge in [-0.25, -0.2) is 0 Å². The third-order valence-corrected chi connectivity index (χ3v) is 4.06. The van der Waals surface area contributed by atoms with Gasteiger partial charge in [-0.05, 0) is 63.3 Å². The molecule has 0 aliphatic heterocycles. The van der Waals surface area contributed by atoms with Crippen molar-refractivity contribution < 1.29 is 4.74 Å². The largest absolute Gasteiger partial charge is 0.494 e. The molecular formula is C18H30N2O. The molecule has 1 saturated carbocycles. The zero-order valence-corrected chi connectivity index (χ0v) is 13.8. The Bertz CT molecular complexity index is 441. The van der Waals surface area contributed by atoms with Crippen molar-refractivity contribution in [3.63, 3.8) is 0 Å². The predicted octanol–water partition coefficient (Wildman–Crippen LogP) is 3.73. The first-order chi connectivity index (χ1) is 10.1. The lowest BCUT2D eigenvalue weighted by molar-refractivity contribution is 0.248. The van der Waals surface area contributed by atoms with E-state index in [0.717, 1.165) is 24.8 Å². The molecule has 0 amide bonds. The monoisotopic (exact) mass is 290 g/mol. The molecule has 0 spiro atoms. The lowest BCUT2D eigenvalue weighted by Crippen LogP contribution is -2.27. The van der Waals surface area contributed by atoms with E-state index in [1.807, 2.05) is 13.8 Å². The van der Waals surface area contributed by atoms with Crippen molar-refractivity contribution in [1.29, 1.82) is 0 Å². The van der Waals surface area contributed by atoms with Gasteiger partial charge in [0.2, 0.25) is 0 Å². The summed E-state index contributed by atoms with van der Waals surface area (Å²) < 4.78 is 5.80. The van der Waals surface area contributed by atoms with Crippen LogP contribution in [0.25, 0.3) is 0 Å². The van der Waals surface area contributed by atoms with Crippen LogP contribution in [0.1, 0.15) is 57.2 Å². The minimum atomic E-state index is 0.0717. The standard InChI is InChI=1S/C18H30N2O/c1-4-10-20(12-15-6-7-15)13-17-11-16(14(3)19)8-9-18(17)21-5-2/h8-9,11,14-15H,4-7,10,12-13,19H2,1-3H3. The summed E-state index contributed by atoms with van der Waals surface area (Å²) in [6, 6.07) is 6.47. The molecular weight excluding hydrogens is 260 g/mol. The minimum Gasteiger partial charge on any atom is -0.494 e. The van der Waals surface area contributed by atoms with E-state index < -0.39 is 0 Å². The van der Waals surface area contributed by atoms with Gasteiger partial charge in [0, 0.05) is 24.7 Å².